The van der Waals surface area contributed by atoms with E-state index in [1.54, 1.807) is 0 Å². The molecule has 1 aromatic carbocycles. The predicted molar refractivity (Wildman–Crippen MR) is 65.8 cm³/mol. The fourth-order valence-corrected chi connectivity index (χ4v) is 1.97. The summed E-state index contributed by atoms with van der Waals surface area (Å²) in [4.78, 5) is 0. The summed E-state index contributed by atoms with van der Waals surface area (Å²) in [5.41, 5.74) is 3.65. The molecule has 0 amide bonds. The molecule has 1 aromatic heterocycles. The van der Waals surface area contributed by atoms with Gasteiger partial charge in [0.25, 0.3) is 0 Å². The maximum absolute atomic E-state index is 4.34. The van der Waals surface area contributed by atoms with Gasteiger partial charge in [-0.15, -0.1) is 0 Å². The molecule has 15 heavy (non-hydrogen) atoms. The van der Waals surface area contributed by atoms with Crippen molar-refractivity contribution in [2.24, 2.45) is 0 Å². The van der Waals surface area contributed by atoms with Gasteiger partial charge in [-0.1, -0.05) is 28.1 Å². The van der Waals surface area contributed by atoms with Crippen molar-refractivity contribution in [3.05, 3.63) is 40.5 Å². The molecule has 3 heteroatoms. The Balaban J connectivity index is 2.52. The fourth-order valence-electron chi connectivity index (χ4n) is 1.70. The van der Waals surface area contributed by atoms with Crippen molar-refractivity contribution < 1.29 is 0 Å². The Morgan fingerprint density at radius 2 is 1.93 bits per heavy atom. The molecule has 0 saturated heterocycles. The predicted octanol–water partition coefficient (Wildman–Crippen LogP) is 3.64. The first kappa shape index (κ1) is 10.4. The van der Waals surface area contributed by atoms with Crippen LogP contribution in [-0.2, 0) is 6.54 Å². The topological polar surface area (TPSA) is 17.8 Å². The quantitative estimate of drug-likeness (QED) is 0.810. The zero-order valence-corrected chi connectivity index (χ0v) is 10.5. The first-order valence-corrected chi connectivity index (χ1v) is 5.80. The number of rotatable bonds is 2. The van der Waals surface area contributed by atoms with Crippen molar-refractivity contribution in [3.8, 4) is 11.3 Å². The molecule has 0 atom stereocenters. The van der Waals surface area contributed by atoms with Gasteiger partial charge in [-0.25, -0.2) is 0 Å². The van der Waals surface area contributed by atoms with Crippen LogP contribution in [0.2, 0.25) is 0 Å². The SMILES string of the molecule is CCn1ncc(C)c1-c1ccc(Br)cc1. The van der Waals surface area contributed by atoms with E-state index in [4.69, 9.17) is 0 Å². The number of halogens is 1. The van der Waals surface area contributed by atoms with Gasteiger partial charge in [-0.3, -0.25) is 4.68 Å². The standard InChI is InChI=1S/C12H13BrN2/c1-3-15-12(9(2)8-14-15)10-4-6-11(13)7-5-10/h4-8H,3H2,1-2H3. The first-order chi connectivity index (χ1) is 7.22. The van der Waals surface area contributed by atoms with E-state index >= 15 is 0 Å². The summed E-state index contributed by atoms with van der Waals surface area (Å²) in [6, 6.07) is 8.34. The third-order valence-corrected chi connectivity index (χ3v) is 2.97. The average molecular weight is 265 g/mol. The minimum Gasteiger partial charge on any atom is -0.265 e. The highest BCUT2D eigenvalue weighted by Gasteiger charge is 2.07. The number of benzene rings is 1. The van der Waals surface area contributed by atoms with E-state index in [2.05, 4.69) is 59.1 Å². The van der Waals surface area contributed by atoms with Gasteiger partial charge < -0.3 is 0 Å². The van der Waals surface area contributed by atoms with Gasteiger partial charge in [-0.2, -0.15) is 5.10 Å². The van der Waals surface area contributed by atoms with Crippen LogP contribution >= 0.6 is 15.9 Å². The molecule has 78 valence electrons. The summed E-state index contributed by atoms with van der Waals surface area (Å²) >= 11 is 3.44. The van der Waals surface area contributed by atoms with E-state index in [-0.39, 0.29) is 0 Å². The van der Waals surface area contributed by atoms with Crippen LogP contribution in [0.4, 0.5) is 0 Å². The van der Waals surface area contributed by atoms with E-state index in [1.165, 1.54) is 16.8 Å². The van der Waals surface area contributed by atoms with Gasteiger partial charge in [-0.05, 0) is 31.5 Å². The van der Waals surface area contributed by atoms with E-state index in [1.807, 2.05) is 10.9 Å². The number of aryl methyl sites for hydroxylation is 2. The Labute approximate surface area is 98.1 Å². The molecule has 2 nitrogen and oxygen atoms in total. The third-order valence-electron chi connectivity index (χ3n) is 2.44. The Bertz CT molecular complexity index is 457. The summed E-state index contributed by atoms with van der Waals surface area (Å²) in [5, 5.41) is 4.34. The minimum absolute atomic E-state index is 0.902. The second-order valence-corrected chi connectivity index (χ2v) is 4.41. The molecule has 0 bridgehead atoms. The van der Waals surface area contributed by atoms with E-state index in [9.17, 15) is 0 Å². The maximum Gasteiger partial charge on any atom is 0.0711 e. The molecule has 0 spiro atoms. The summed E-state index contributed by atoms with van der Waals surface area (Å²) in [7, 11) is 0. The molecular formula is C12H13BrN2. The van der Waals surface area contributed by atoms with E-state index in [0.29, 0.717) is 0 Å². The number of nitrogens with zero attached hydrogens (tertiary/aromatic N) is 2. The van der Waals surface area contributed by atoms with Gasteiger partial charge in [0.15, 0.2) is 0 Å². The number of aromatic nitrogens is 2. The molecule has 0 aliphatic rings. The Kier molecular flexibility index (Phi) is 2.91. The summed E-state index contributed by atoms with van der Waals surface area (Å²) < 4.78 is 3.13. The highest BCUT2D eigenvalue weighted by atomic mass is 79.9. The largest absolute Gasteiger partial charge is 0.265 e. The normalized spacial score (nSPS) is 10.6. The van der Waals surface area contributed by atoms with Gasteiger partial charge in [0.1, 0.15) is 0 Å². The lowest BCUT2D eigenvalue weighted by molar-refractivity contribution is 0.667. The van der Waals surface area contributed by atoms with Crippen molar-refractivity contribution in [3.63, 3.8) is 0 Å². The van der Waals surface area contributed by atoms with Crippen LogP contribution in [-0.4, -0.2) is 9.78 Å². The lowest BCUT2D eigenvalue weighted by Gasteiger charge is -2.06. The highest BCUT2D eigenvalue weighted by molar-refractivity contribution is 9.10. The molecule has 2 aromatic rings. The Morgan fingerprint density at radius 1 is 1.27 bits per heavy atom. The van der Waals surface area contributed by atoms with Crippen molar-refractivity contribution in [2.45, 2.75) is 20.4 Å². The second-order valence-electron chi connectivity index (χ2n) is 3.50. The number of hydrogen-bond donors (Lipinski definition) is 0. The fraction of sp³-hybridized carbons (Fsp3) is 0.250. The lowest BCUT2D eigenvalue weighted by Crippen LogP contribution is -1.99. The van der Waals surface area contributed by atoms with Gasteiger partial charge >= 0.3 is 0 Å². The van der Waals surface area contributed by atoms with E-state index < -0.39 is 0 Å². The Morgan fingerprint density at radius 3 is 2.53 bits per heavy atom. The molecule has 0 aliphatic heterocycles. The molecule has 0 fully saturated rings. The Hall–Kier alpha value is -1.09. The van der Waals surface area contributed by atoms with Gasteiger partial charge in [0, 0.05) is 16.6 Å². The minimum atomic E-state index is 0.902. The molecule has 0 aliphatic carbocycles. The van der Waals surface area contributed by atoms with Crippen LogP contribution in [0.5, 0.6) is 0 Å². The van der Waals surface area contributed by atoms with Crippen LogP contribution in [0.25, 0.3) is 11.3 Å². The zero-order valence-electron chi connectivity index (χ0n) is 8.87. The molecule has 0 saturated carbocycles. The lowest BCUT2D eigenvalue weighted by atomic mass is 10.1. The first-order valence-electron chi connectivity index (χ1n) is 5.00. The molecule has 0 unspecified atom stereocenters. The third kappa shape index (κ3) is 1.97. The van der Waals surface area contributed by atoms with Crippen LogP contribution in [0, 0.1) is 6.92 Å². The molecular weight excluding hydrogens is 252 g/mol. The average Bonchev–Trinajstić information content (AvgIpc) is 2.61. The van der Waals surface area contributed by atoms with Crippen LogP contribution in [0.1, 0.15) is 12.5 Å². The highest BCUT2D eigenvalue weighted by Crippen LogP contribution is 2.24. The second kappa shape index (κ2) is 4.19. The summed E-state index contributed by atoms with van der Waals surface area (Å²) in [6.45, 7) is 5.10. The molecule has 2 rings (SSSR count). The van der Waals surface area contributed by atoms with Crippen molar-refractivity contribution in [2.75, 3.05) is 0 Å². The molecule has 1 heterocycles. The summed E-state index contributed by atoms with van der Waals surface area (Å²) in [5.74, 6) is 0. The van der Waals surface area contributed by atoms with Gasteiger partial charge in [0.2, 0.25) is 0 Å². The summed E-state index contributed by atoms with van der Waals surface area (Å²) in [6.07, 6.45) is 1.92. The van der Waals surface area contributed by atoms with Crippen molar-refractivity contribution in [1.29, 1.82) is 0 Å². The van der Waals surface area contributed by atoms with Gasteiger partial charge in [0.05, 0.1) is 11.9 Å². The molecule has 0 radical (unpaired) electrons. The van der Waals surface area contributed by atoms with Crippen molar-refractivity contribution >= 4 is 15.9 Å². The monoisotopic (exact) mass is 264 g/mol. The number of hydrogen-bond acceptors (Lipinski definition) is 1. The van der Waals surface area contributed by atoms with Crippen LogP contribution in [0.15, 0.2) is 34.9 Å². The zero-order chi connectivity index (χ0) is 10.8. The van der Waals surface area contributed by atoms with Crippen LogP contribution in [0.3, 0.4) is 0 Å². The van der Waals surface area contributed by atoms with Crippen LogP contribution < -0.4 is 0 Å². The molecule has 0 N–H and O–H groups in total. The van der Waals surface area contributed by atoms with Crippen molar-refractivity contribution in [1.82, 2.24) is 9.78 Å². The maximum atomic E-state index is 4.34. The smallest absolute Gasteiger partial charge is 0.0711 e. The van der Waals surface area contributed by atoms with E-state index in [0.717, 1.165) is 11.0 Å².